The molecule has 1 aromatic rings. The Balaban J connectivity index is 1.92. The minimum absolute atomic E-state index is 0.0100. The Labute approximate surface area is 105 Å². The van der Waals surface area contributed by atoms with Crippen LogP contribution in [0.25, 0.3) is 0 Å². The molecule has 0 atom stereocenters. The molecular formula is C14H15FN2O. The highest BCUT2D eigenvalue weighted by Crippen LogP contribution is 2.30. The molecule has 0 aliphatic carbocycles. The van der Waals surface area contributed by atoms with Crippen molar-refractivity contribution in [2.75, 3.05) is 24.5 Å². The fourth-order valence-electron chi connectivity index (χ4n) is 2.43. The number of hydrogen-bond acceptors (Lipinski definition) is 2. The van der Waals surface area contributed by atoms with Gasteiger partial charge in [0, 0.05) is 25.2 Å². The number of nitrogens with zero attached hydrogens (tertiary/aromatic N) is 1. The Hall–Kier alpha value is -1.68. The van der Waals surface area contributed by atoms with Gasteiger partial charge in [-0.3, -0.25) is 4.79 Å². The molecule has 0 radical (unpaired) electrons. The summed E-state index contributed by atoms with van der Waals surface area (Å²) in [5.74, 6) is -0.278. The molecule has 0 bridgehead atoms. The number of anilines is 1. The summed E-state index contributed by atoms with van der Waals surface area (Å²) in [6.07, 6.45) is 0.808. The Morgan fingerprint density at radius 1 is 1.39 bits per heavy atom. The Morgan fingerprint density at radius 3 is 2.83 bits per heavy atom. The maximum absolute atomic E-state index is 13.3. The number of fused-ring (bicyclic) bond motifs is 1. The lowest BCUT2D eigenvalue weighted by atomic mass is 10.0. The predicted octanol–water partition coefficient (Wildman–Crippen LogP) is 1.63. The lowest BCUT2D eigenvalue weighted by Gasteiger charge is -2.24. The van der Waals surface area contributed by atoms with E-state index in [0.29, 0.717) is 6.54 Å². The van der Waals surface area contributed by atoms with Crippen LogP contribution in [0.4, 0.5) is 10.1 Å². The van der Waals surface area contributed by atoms with Crippen LogP contribution in [0.15, 0.2) is 29.3 Å². The third-order valence-electron chi connectivity index (χ3n) is 3.72. The molecule has 18 heavy (non-hydrogen) atoms. The van der Waals surface area contributed by atoms with Crippen molar-refractivity contribution in [3.8, 4) is 0 Å². The molecule has 1 aromatic carbocycles. The van der Waals surface area contributed by atoms with Gasteiger partial charge < -0.3 is 10.2 Å². The smallest absolute Gasteiger partial charge is 0.253 e. The minimum Gasteiger partial charge on any atom is -0.309 e. The second-order valence-electron chi connectivity index (χ2n) is 4.81. The molecule has 4 heteroatoms. The van der Waals surface area contributed by atoms with Crippen LogP contribution in [0.3, 0.4) is 0 Å². The molecule has 1 saturated heterocycles. The van der Waals surface area contributed by atoms with Crippen LogP contribution in [0.5, 0.6) is 0 Å². The molecule has 2 aliphatic rings. The first-order valence-electron chi connectivity index (χ1n) is 6.16. The molecule has 94 valence electrons. The maximum Gasteiger partial charge on any atom is 0.253 e. The van der Waals surface area contributed by atoms with Crippen molar-refractivity contribution in [3.05, 3.63) is 40.7 Å². The van der Waals surface area contributed by atoms with Crippen molar-refractivity contribution in [2.45, 2.75) is 13.3 Å². The zero-order valence-corrected chi connectivity index (χ0v) is 10.3. The first kappa shape index (κ1) is 11.4. The van der Waals surface area contributed by atoms with E-state index in [1.807, 2.05) is 6.92 Å². The lowest BCUT2D eigenvalue weighted by molar-refractivity contribution is -0.115. The Morgan fingerprint density at radius 2 is 2.17 bits per heavy atom. The minimum atomic E-state index is -0.288. The molecule has 1 N–H and O–H groups in total. The van der Waals surface area contributed by atoms with E-state index < -0.39 is 0 Å². The highest BCUT2D eigenvalue weighted by molar-refractivity contribution is 6.07. The van der Waals surface area contributed by atoms with Gasteiger partial charge in [0.05, 0.1) is 5.69 Å². The van der Waals surface area contributed by atoms with Gasteiger partial charge in [-0.2, -0.15) is 0 Å². The fraction of sp³-hybridized carbons (Fsp3) is 0.357. The zero-order chi connectivity index (χ0) is 12.7. The summed E-state index contributed by atoms with van der Waals surface area (Å²) in [6.45, 7) is 4.09. The summed E-state index contributed by atoms with van der Waals surface area (Å²) >= 11 is 0. The standard InChI is InChI=1S/C14H15FN2O/c1-9(11-7-16-8-11)14(18)17-5-4-10-2-3-12(15)6-13(10)17/h2-3,6,16H,4-5,7-8H2,1H3. The molecule has 2 aliphatic heterocycles. The van der Waals surface area contributed by atoms with Crippen molar-refractivity contribution >= 4 is 11.6 Å². The normalized spacial score (nSPS) is 17.4. The molecule has 0 saturated carbocycles. The Kier molecular flexibility index (Phi) is 2.67. The summed E-state index contributed by atoms with van der Waals surface area (Å²) in [5, 5.41) is 3.13. The summed E-state index contributed by atoms with van der Waals surface area (Å²) in [5.41, 5.74) is 3.73. The number of rotatable bonds is 1. The van der Waals surface area contributed by atoms with Crippen LogP contribution in [0.1, 0.15) is 12.5 Å². The maximum atomic E-state index is 13.3. The molecule has 0 spiro atoms. The van der Waals surface area contributed by atoms with Crippen LogP contribution < -0.4 is 10.2 Å². The van der Waals surface area contributed by atoms with Crippen molar-refractivity contribution in [3.63, 3.8) is 0 Å². The van der Waals surface area contributed by atoms with Gasteiger partial charge in [0.1, 0.15) is 5.82 Å². The topological polar surface area (TPSA) is 32.3 Å². The van der Waals surface area contributed by atoms with Crippen molar-refractivity contribution < 1.29 is 9.18 Å². The molecule has 0 unspecified atom stereocenters. The monoisotopic (exact) mass is 246 g/mol. The SMILES string of the molecule is CC(C(=O)N1CCc2ccc(F)cc21)=C1CNC1. The average Bonchev–Trinajstić information content (AvgIpc) is 2.68. The van der Waals surface area contributed by atoms with E-state index in [0.717, 1.165) is 41.9 Å². The van der Waals surface area contributed by atoms with E-state index in [-0.39, 0.29) is 11.7 Å². The van der Waals surface area contributed by atoms with Crippen molar-refractivity contribution in [1.82, 2.24) is 5.32 Å². The largest absolute Gasteiger partial charge is 0.309 e. The quantitative estimate of drug-likeness (QED) is 0.764. The number of hydrogen-bond donors (Lipinski definition) is 1. The van der Waals surface area contributed by atoms with E-state index in [9.17, 15) is 9.18 Å². The van der Waals surface area contributed by atoms with Gasteiger partial charge in [0.2, 0.25) is 0 Å². The summed E-state index contributed by atoms with van der Waals surface area (Å²) in [6, 6.07) is 4.68. The number of carbonyl (C=O) groups is 1. The first-order chi connectivity index (χ1) is 8.66. The highest BCUT2D eigenvalue weighted by atomic mass is 19.1. The highest BCUT2D eigenvalue weighted by Gasteiger charge is 2.27. The van der Waals surface area contributed by atoms with Crippen molar-refractivity contribution in [2.24, 2.45) is 0 Å². The number of carbonyl (C=O) groups excluding carboxylic acids is 1. The van der Waals surface area contributed by atoms with E-state index >= 15 is 0 Å². The van der Waals surface area contributed by atoms with Gasteiger partial charge in [-0.25, -0.2) is 4.39 Å². The lowest BCUT2D eigenvalue weighted by Crippen LogP contribution is -2.38. The van der Waals surface area contributed by atoms with Gasteiger partial charge in [0.25, 0.3) is 5.91 Å². The van der Waals surface area contributed by atoms with Crippen LogP contribution in [-0.2, 0) is 11.2 Å². The number of nitrogens with one attached hydrogen (secondary N) is 1. The molecule has 0 aromatic heterocycles. The van der Waals surface area contributed by atoms with Gasteiger partial charge in [-0.05, 0) is 36.6 Å². The van der Waals surface area contributed by atoms with E-state index in [1.165, 1.54) is 12.1 Å². The second-order valence-corrected chi connectivity index (χ2v) is 4.81. The van der Waals surface area contributed by atoms with Gasteiger partial charge in [-0.1, -0.05) is 6.07 Å². The number of amides is 1. The average molecular weight is 246 g/mol. The second kappa shape index (κ2) is 4.21. The third-order valence-corrected chi connectivity index (χ3v) is 3.72. The van der Waals surface area contributed by atoms with E-state index in [2.05, 4.69) is 5.32 Å². The molecule has 1 amide bonds. The summed E-state index contributed by atoms with van der Waals surface area (Å²) in [7, 11) is 0. The first-order valence-corrected chi connectivity index (χ1v) is 6.16. The number of benzene rings is 1. The fourth-order valence-corrected chi connectivity index (χ4v) is 2.43. The van der Waals surface area contributed by atoms with Crippen molar-refractivity contribution in [1.29, 1.82) is 0 Å². The molecule has 3 nitrogen and oxygen atoms in total. The summed E-state index contributed by atoms with van der Waals surface area (Å²) in [4.78, 5) is 14.1. The van der Waals surface area contributed by atoms with Crippen LogP contribution in [-0.4, -0.2) is 25.5 Å². The molecular weight excluding hydrogens is 231 g/mol. The van der Waals surface area contributed by atoms with Crippen LogP contribution in [0, 0.1) is 5.82 Å². The van der Waals surface area contributed by atoms with Gasteiger partial charge in [-0.15, -0.1) is 0 Å². The molecule has 3 rings (SSSR count). The van der Waals surface area contributed by atoms with Gasteiger partial charge >= 0.3 is 0 Å². The van der Waals surface area contributed by atoms with E-state index in [1.54, 1.807) is 11.0 Å². The van der Waals surface area contributed by atoms with Gasteiger partial charge in [0.15, 0.2) is 0 Å². The Bertz CT molecular complexity index is 545. The third kappa shape index (κ3) is 1.73. The number of halogens is 1. The molecule has 2 heterocycles. The summed E-state index contributed by atoms with van der Waals surface area (Å²) < 4.78 is 13.3. The zero-order valence-electron chi connectivity index (χ0n) is 10.3. The van der Waals surface area contributed by atoms with Crippen LogP contribution >= 0.6 is 0 Å². The van der Waals surface area contributed by atoms with Crippen LogP contribution in [0.2, 0.25) is 0 Å². The predicted molar refractivity (Wildman–Crippen MR) is 68.0 cm³/mol. The van der Waals surface area contributed by atoms with E-state index in [4.69, 9.17) is 0 Å². The molecule has 1 fully saturated rings.